The molecule has 0 saturated heterocycles. The SMILES string of the molecule is CCOc1cc(C=Nc2ccc(C)c(C)c2)ccc1OCC(=O)Nc1cccc(C)c1. The average Bonchev–Trinajstić information content (AvgIpc) is 2.74. The van der Waals surface area contributed by atoms with Gasteiger partial charge in [0, 0.05) is 11.9 Å². The lowest BCUT2D eigenvalue weighted by Gasteiger charge is -2.13. The highest BCUT2D eigenvalue weighted by molar-refractivity contribution is 5.92. The van der Waals surface area contributed by atoms with Crippen molar-refractivity contribution in [2.75, 3.05) is 18.5 Å². The number of anilines is 1. The maximum atomic E-state index is 12.2. The van der Waals surface area contributed by atoms with Crippen LogP contribution in [-0.2, 0) is 4.79 Å². The zero-order chi connectivity index (χ0) is 22.2. The van der Waals surface area contributed by atoms with Crippen molar-refractivity contribution in [3.63, 3.8) is 0 Å². The topological polar surface area (TPSA) is 59.9 Å². The predicted molar refractivity (Wildman–Crippen MR) is 126 cm³/mol. The van der Waals surface area contributed by atoms with E-state index in [-0.39, 0.29) is 12.5 Å². The van der Waals surface area contributed by atoms with Crippen LogP contribution in [0.3, 0.4) is 0 Å². The lowest BCUT2D eigenvalue weighted by molar-refractivity contribution is -0.118. The van der Waals surface area contributed by atoms with Crippen molar-refractivity contribution in [1.82, 2.24) is 0 Å². The quantitative estimate of drug-likeness (QED) is 0.474. The first-order valence-corrected chi connectivity index (χ1v) is 10.3. The maximum absolute atomic E-state index is 12.2. The van der Waals surface area contributed by atoms with Gasteiger partial charge in [-0.05, 0) is 92.4 Å². The molecular formula is C26H28N2O3. The monoisotopic (exact) mass is 416 g/mol. The van der Waals surface area contributed by atoms with E-state index in [4.69, 9.17) is 9.47 Å². The molecule has 0 atom stereocenters. The second-order valence-electron chi connectivity index (χ2n) is 7.37. The van der Waals surface area contributed by atoms with Gasteiger partial charge in [0.2, 0.25) is 0 Å². The van der Waals surface area contributed by atoms with Gasteiger partial charge in [-0.25, -0.2) is 0 Å². The molecule has 0 aliphatic carbocycles. The average molecular weight is 417 g/mol. The minimum atomic E-state index is -0.228. The van der Waals surface area contributed by atoms with Gasteiger partial charge in [-0.3, -0.25) is 9.79 Å². The zero-order valence-electron chi connectivity index (χ0n) is 18.4. The summed E-state index contributed by atoms with van der Waals surface area (Å²) in [6.45, 7) is 8.42. The van der Waals surface area contributed by atoms with Crippen LogP contribution in [0.5, 0.6) is 11.5 Å². The number of aliphatic imine (C=N–C) groups is 1. The molecule has 160 valence electrons. The predicted octanol–water partition coefficient (Wildman–Crippen LogP) is 5.78. The molecule has 3 aromatic rings. The van der Waals surface area contributed by atoms with Crippen LogP contribution in [0.15, 0.2) is 65.7 Å². The van der Waals surface area contributed by atoms with E-state index in [9.17, 15) is 4.79 Å². The molecule has 0 aliphatic heterocycles. The van der Waals surface area contributed by atoms with Gasteiger partial charge in [-0.15, -0.1) is 0 Å². The molecule has 0 aromatic heterocycles. The van der Waals surface area contributed by atoms with Crippen molar-refractivity contribution in [3.8, 4) is 11.5 Å². The molecule has 0 saturated carbocycles. The molecule has 0 unspecified atom stereocenters. The normalized spacial score (nSPS) is 10.8. The number of nitrogens with zero attached hydrogens (tertiary/aromatic N) is 1. The van der Waals surface area contributed by atoms with E-state index in [0.29, 0.717) is 18.1 Å². The van der Waals surface area contributed by atoms with E-state index >= 15 is 0 Å². The van der Waals surface area contributed by atoms with Crippen LogP contribution in [0.2, 0.25) is 0 Å². The fourth-order valence-electron chi connectivity index (χ4n) is 3.01. The van der Waals surface area contributed by atoms with E-state index in [1.54, 1.807) is 12.3 Å². The van der Waals surface area contributed by atoms with Crippen molar-refractivity contribution in [1.29, 1.82) is 0 Å². The Kier molecular flexibility index (Phi) is 7.44. The Hall–Kier alpha value is -3.60. The summed E-state index contributed by atoms with van der Waals surface area (Å²) in [6, 6.07) is 19.3. The number of rotatable bonds is 8. The van der Waals surface area contributed by atoms with Gasteiger partial charge in [-0.2, -0.15) is 0 Å². The molecule has 5 heteroatoms. The van der Waals surface area contributed by atoms with E-state index in [0.717, 1.165) is 22.5 Å². The molecule has 0 fully saturated rings. The third-order valence-corrected chi connectivity index (χ3v) is 4.78. The number of hydrogen-bond acceptors (Lipinski definition) is 4. The molecule has 0 aliphatic rings. The van der Waals surface area contributed by atoms with Gasteiger partial charge < -0.3 is 14.8 Å². The van der Waals surface area contributed by atoms with Crippen LogP contribution in [0.1, 0.15) is 29.2 Å². The third-order valence-electron chi connectivity index (χ3n) is 4.78. The fourth-order valence-corrected chi connectivity index (χ4v) is 3.01. The van der Waals surface area contributed by atoms with Gasteiger partial charge >= 0.3 is 0 Å². The number of nitrogens with one attached hydrogen (secondary N) is 1. The Bertz CT molecular complexity index is 1090. The van der Waals surface area contributed by atoms with E-state index in [2.05, 4.69) is 36.3 Å². The van der Waals surface area contributed by atoms with Crippen LogP contribution >= 0.6 is 0 Å². The second-order valence-corrected chi connectivity index (χ2v) is 7.37. The molecule has 0 heterocycles. The molecule has 1 amide bonds. The fraction of sp³-hybridized carbons (Fsp3) is 0.231. The number of carbonyl (C=O) groups excluding carboxylic acids is 1. The highest BCUT2D eigenvalue weighted by atomic mass is 16.5. The van der Waals surface area contributed by atoms with E-state index < -0.39 is 0 Å². The summed E-state index contributed by atoms with van der Waals surface area (Å²) in [5, 5.41) is 2.84. The number of hydrogen-bond donors (Lipinski definition) is 1. The Morgan fingerprint density at radius 3 is 2.52 bits per heavy atom. The molecule has 3 rings (SSSR count). The molecule has 0 spiro atoms. The minimum Gasteiger partial charge on any atom is -0.490 e. The first-order valence-electron chi connectivity index (χ1n) is 10.3. The zero-order valence-corrected chi connectivity index (χ0v) is 18.4. The number of benzene rings is 3. The highest BCUT2D eigenvalue weighted by Crippen LogP contribution is 2.28. The standard InChI is InChI=1S/C26H28N2O3/c1-5-30-25-15-21(16-27-22-11-9-19(3)20(4)14-22)10-12-24(25)31-17-26(29)28-23-8-6-7-18(2)13-23/h6-16H,5,17H2,1-4H3,(H,28,29). The summed E-state index contributed by atoms with van der Waals surface area (Å²) in [5.74, 6) is 0.868. The number of ether oxygens (including phenoxy) is 2. The van der Waals surface area contributed by atoms with Crippen LogP contribution in [0.25, 0.3) is 0 Å². The number of aryl methyl sites for hydroxylation is 3. The van der Waals surface area contributed by atoms with Crippen LogP contribution < -0.4 is 14.8 Å². The van der Waals surface area contributed by atoms with Crippen molar-refractivity contribution in [3.05, 3.63) is 82.9 Å². The highest BCUT2D eigenvalue weighted by Gasteiger charge is 2.09. The van der Waals surface area contributed by atoms with Gasteiger partial charge in [0.1, 0.15) is 0 Å². The summed E-state index contributed by atoms with van der Waals surface area (Å²) < 4.78 is 11.4. The lowest BCUT2D eigenvalue weighted by Crippen LogP contribution is -2.20. The summed E-state index contributed by atoms with van der Waals surface area (Å²) in [7, 11) is 0. The Morgan fingerprint density at radius 2 is 1.77 bits per heavy atom. The lowest BCUT2D eigenvalue weighted by atomic mass is 10.1. The molecule has 31 heavy (non-hydrogen) atoms. The van der Waals surface area contributed by atoms with Gasteiger partial charge in [-0.1, -0.05) is 18.2 Å². The largest absolute Gasteiger partial charge is 0.490 e. The van der Waals surface area contributed by atoms with E-state index in [1.165, 1.54) is 11.1 Å². The van der Waals surface area contributed by atoms with Gasteiger partial charge in [0.25, 0.3) is 5.91 Å². The summed E-state index contributed by atoms with van der Waals surface area (Å²) in [6.07, 6.45) is 1.79. The van der Waals surface area contributed by atoms with E-state index in [1.807, 2.05) is 56.3 Å². The second kappa shape index (κ2) is 10.4. The van der Waals surface area contributed by atoms with Crippen LogP contribution in [0, 0.1) is 20.8 Å². The maximum Gasteiger partial charge on any atom is 0.262 e. The van der Waals surface area contributed by atoms with Crippen molar-refractivity contribution in [2.24, 2.45) is 4.99 Å². The number of carbonyl (C=O) groups is 1. The summed E-state index contributed by atoms with van der Waals surface area (Å²) in [4.78, 5) is 16.8. The molecule has 1 N–H and O–H groups in total. The Balaban J connectivity index is 1.67. The third kappa shape index (κ3) is 6.44. The van der Waals surface area contributed by atoms with Crippen molar-refractivity contribution in [2.45, 2.75) is 27.7 Å². The van der Waals surface area contributed by atoms with Crippen molar-refractivity contribution >= 4 is 23.5 Å². The van der Waals surface area contributed by atoms with Gasteiger partial charge in [0.05, 0.1) is 12.3 Å². The summed E-state index contributed by atoms with van der Waals surface area (Å²) in [5.41, 5.74) is 6.06. The Labute approximate surface area is 183 Å². The Morgan fingerprint density at radius 1 is 0.935 bits per heavy atom. The summed E-state index contributed by atoms with van der Waals surface area (Å²) >= 11 is 0. The van der Waals surface area contributed by atoms with Crippen LogP contribution in [0.4, 0.5) is 11.4 Å². The molecule has 0 radical (unpaired) electrons. The van der Waals surface area contributed by atoms with Gasteiger partial charge in [0.15, 0.2) is 18.1 Å². The van der Waals surface area contributed by atoms with Crippen molar-refractivity contribution < 1.29 is 14.3 Å². The smallest absolute Gasteiger partial charge is 0.262 e. The molecule has 5 nitrogen and oxygen atoms in total. The first kappa shape index (κ1) is 22.1. The molecule has 3 aromatic carbocycles. The molecule has 0 bridgehead atoms. The minimum absolute atomic E-state index is 0.107. The number of amides is 1. The van der Waals surface area contributed by atoms with Crippen LogP contribution in [-0.4, -0.2) is 25.3 Å². The molecular weight excluding hydrogens is 388 g/mol. The first-order chi connectivity index (χ1) is 14.9.